The molecular formula is C16H15N5O. The van der Waals surface area contributed by atoms with Gasteiger partial charge in [0.15, 0.2) is 6.17 Å². The van der Waals surface area contributed by atoms with Crippen LogP contribution in [-0.2, 0) is 6.54 Å². The van der Waals surface area contributed by atoms with Crippen LogP contribution in [0.2, 0.25) is 0 Å². The molecule has 1 atom stereocenters. The van der Waals surface area contributed by atoms with Crippen molar-refractivity contribution in [2.45, 2.75) is 12.7 Å². The van der Waals surface area contributed by atoms with Gasteiger partial charge in [-0.1, -0.05) is 35.4 Å². The normalized spacial score (nSPS) is 19.3. The first kappa shape index (κ1) is 13.0. The Hall–Kier alpha value is -2.73. The highest BCUT2D eigenvalue weighted by Crippen LogP contribution is 2.42. The lowest BCUT2D eigenvalue weighted by molar-refractivity contribution is 0.199. The molecule has 0 saturated heterocycles. The van der Waals surface area contributed by atoms with Crippen LogP contribution in [0.4, 0.5) is 16.2 Å². The Balaban J connectivity index is 1.79. The zero-order valence-electron chi connectivity index (χ0n) is 11.9. The molecule has 4 rings (SSSR count). The maximum absolute atomic E-state index is 11.9. The number of nitrogens with two attached hydrogens (primary N) is 1. The summed E-state index contributed by atoms with van der Waals surface area (Å²) in [6.45, 7) is 0.955. The minimum Gasteiger partial charge on any atom is -0.326 e. The molecule has 22 heavy (non-hydrogen) atoms. The molecule has 2 aliphatic rings. The smallest absolute Gasteiger partial charge is 0.326 e. The van der Waals surface area contributed by atoms with E-state index in [2.05, 4.69) is 15.1 Å². The number of benzene rings is 2. The number of nitrogens with zero attached hydrogens (tertiary/aromatic N) is 4. The molecule has 2 aromatic carbocycles. The quantitative estimate of drug-likeness (QED) is 0.924. The topological polar surface area (TPSA) is 74.3 Å². The molecule has 2 aliphatic heterocycles. The highest BCUT2D eigenvalue weighted by Gasteiger charge is 2.38. The van der Waals surface area contributed by atoms with E-state index in [4.69, 9.17) is 5.73 Å². The van der Waals surface area contributed by atoms with Crippen molar-refractivity contribution < 1.29 is 4.79 Å². The summed E-state index contributed by atoms with van der Waals surface area (Å²) in [5.41, 5.74) is 9.79. The molecule has 2 N–H and O–H groups in total. The molecule has 0 bridgehead atoms. The Morgan fingerprint density at radius 3 is 2.68 bits per heavy atom. The number of amides is 2. The Morgan fingerprint density at radius 1 is 1.14 bits per heavy atom. The first-order chi connectivity index (χ1) is 10.8. The van der Waals surface area contributed by atoms with E-state index in [0.29, 0.717) is 13.2 Å². The number of hydrogen-bond acceptors (Lipinski definition) is 4. The second-order valence-electron chi connectivity index (χ2n) is 5.34. The number of carbonyl (C=O) groups is 1. The van der Waals surface area contributed by atoms with E-state index in [1.54, 1.807) is 4.90 Å². The lowest BCUT2D eigenvalue weighted by atomic mass is 10.1. The van der Waals surface area contributed by atoms with Crippen molar-refractivity contribution in [3.8, 4) is 0 Å². The molecule has 0 radical (unpaired) electrons. The van der Waals surface area contributed by atoms with Crippen LogP contribution >= 0.6 is 0 Å². The van der Waals surface area contributed by atoms with Gasteiger partial charge in [0.1, 0.15) is 6.67 Å². The van der Waals surface area contributed by atoms with Crippen LogP contribution < -0.4 is 10.6 Å². The fraction of sp³-hybridized carbons (Fsp3) is 0.188. The van der Waals surface area contributed by atoms with Gasteiger partial charge in [0.05, 0.1) is 5.69 Å². The highest BCUT2D eigenvalue weighted by atomic mass is 16.2. The van der Waals surface area contributed by atoms with Gasteiger partial charge in [-0.15, -0.1) is 0 Å². The Morgan fingerprint density at radius 2 is 1.91 bits per heavy atom. The summed E-state index contributed by atoms with van der Waals surface area (Å²) in [6, 6.07) is 15.7. The minimum absolute atomic E-state index is 0.289. The lowest BCUT2D eigenvalue weighted by Crippen LogP contribution is -2.42. The van der Waals surface area contributed by atoms with Gasteiger partial charge in [-0.05, 0) is 23.8 Å². The van der Waals surface area contributed by atoms with Gasteiger partial charge in [-0.2, -0.15) is 5.11 Å². The van der Waals surface area contributed by atoms with Gasteiger partial charge in [0.25, 0.3) is 0 Å². The molecule has 1 unspecified atom stereocenters. The second-order valence-corrected chi connectivity index (χ2v) is 5.34. The molecule has 6 heteroatoms. The fourth-order valence-electron chi connectivity index (χ4n) is 2.91. The van der Waals surface area contributed by atoms with Crippen LogP contribution in [-0.4, -0.2) is 17.6 Å². The van der Waals surface area contributed by atoms with Crippen molar-refractivity contribution in [1.82, 2.24) is 4.90 Å². The van der Waals surface area contributed by atoms with Gasteiger partial charge in [0.2, 0.25) is 0 Å². The summed E-state index contributed by atoms with van der Waals surface area (Å²) in [6.07, 6.45) is -0.303. The molecule has 2 amide bonds. The highest BCUT2D eigenvalue weighted by molar-refractivity contribution is 5.80. The van der Waals surface area contributed by atoms with Gasteiger partial charge in [-0.25, -0.2) is 4.79 Å². The largest absolute Gasteiger partial charge is 0.365 e. The van der Waals surface area contributed by atoms with Crippen LogP contribution in [0.1, 0.15) is 17.3 Å². The van der Waals surface area contributed by atoms with Crippen LogP contribution in [0.3, 0.4) is 0 Å². The van der Waals surface area contributed by atoms with E-state index in [9.17, 15) is 4.79 Å². The predicted molar refractivity (Wildman–Crippen MR) is 82.6 cm³/mol. The number of para-hydroxylation sites is 1. The fourth-order valence-corrected chi connectivity index (χ4v) is 2.91. The van der Waals surface area contributed by atoms with Gasteiger partial charge < -0.3 is 10.6 Å². The maximum atomic E-state index is 11.9. The van der Waals surface area contributed by atoms with E-state index in [0.717, 1.165) is 22.5 Å². The van der Waals surface area contributed by atoms with Crippen molar-refractivity contribution in [1.29, 1.82) is 0 Å². The van der Waals surface area contributed by atoms with Crippen LogP contribution in [0.15, 0.2) is 58.8 Å². The summed E-state index contributed by atoms with van der Waals surface area (Å²) in [5, 5.41) is 7.80. The standard InChI is InChI=1S/C16H15N5O/c17-9-11-5-7-12(8-6-11)20-10-21-15(18-19-16(21)22)13-3-1-2-4-14(13)20/h1-8,15H,9-10,17H2. The number of rotatable bonds is 2. The number of urea groups is 1. The van der Waals surface area contributed by atoms with Crippen molar-refractivity contribution in [3.63, 3.8) is 0 Å². The van der Waals surface area contributed by atoms with Crippen molar-refractivity contribution in [2.24, 2.45) is 16.0 Å². The van der Waals surface area contributed by atoms with Crippen LogP contribution in [0.25, 0.3) is 0 Å². The second kappa shape index (κ2) is 4.92. The van der Waals surface area contributed by atoms with E-state index in [1.807, 2.05) is 48.5 Å². The zero-order chi connectivity index (χ0) is 15.1. The Kier molecular flexibility index (Phi) is 2.90. The minimum atomic E-state index is -0.303. The van der Waals surface area contributed by atoms with Crippen molar-refractivity contribution in [3.05, 3.63) is 59.7 Å². The SMILES string of the molecule is NCc1ccc(N2CN3C(=O)N=NC3c3ccccc32)cc1. The van der Waals surface area contributed by atoms with Crippen molar-refractivity contribution >= 4 is 17.4 Å². The van der Waals surface area contributed by atoms with Gasteiger partial charge in [-0.3, -0.25) is 4.90 Å². The molecular weight excluding hydrogens is 278 g/mol. The number of azo groups is 1. The molecule has 0 aliphatic carbocycles. The molecule has 110 valence electrons. The third-order valence-electron chi connectivity index (χ3n) is 4.08. The summed E-state index contributed by atoms with van der Waals surface area (Å²) >= 11 is 0. The number of fused-ring (bicyclic) bond motifs is 3. The lowest BCUT2D eigenvalue weighted by Gasteiger charge is -2.38. The summed E-state index contributed by atoms with van der Waals surface area (Å²) < 4.78 is 0. The Bertz CT molecular complexity index is 755. The maximum Gasteiger partial charge on any atom is 0.365 e. The summed E-state index contributed by atoms with van der Waals surface area (Å²) in [7, 11) is 0. The first-order valence-electron chi connectivity index (χ1n) is 7.15. The monoisotopic (exact) mass is 293 g/mol. The Labute approximate surface area is 127 Å². The van der Waals surface area contributed by atoms with Gasteiger partial charge in [0, 0.05) is 17.8 Å². The third kappa shape index (κ3) is 1.88. The number of hydrogen-bond donors (Lipinski definition) is 1. The van der Waals surface area contributed by atoms with E-state index < -0.39 is 0 Å². The summed E-state index contributed by atoms with van der Waals surface area (Å²) in [4.78, 5) is 15.7. The number of anilines is 2. The first-order valence-corrected chi connectivity index (χ1v) is 7.15. The van der Waals surface area contributed by atoms with E-state index in [1.165, 1.54) is 0 Å². The molecule has 0 aromatic heterocycles. The molecule has 0 saturated carbocycles. The molecule has 0 spiro atoms. The van der Waals surface area contributed by atoms with Gasteiger partial charge >= 0.3 is 6.03 Å². The van der Waals surface area contributed by atoms with Crippen molar-refractivity contribution in [2.75, 3.05) is 11.6 Å². The predicted octanol–water partition coefficient (Wildman–Crippen LogP) is 3.14. The zero-order valence-corrected chi connectivity index (χ0v) is 11.9. The molecule has 2 aromatic rings. The molecule has 6 nitrogen and oxygen atoms in total. The summed E-state index contributed by atoms with van der Waals surface area (Å²) in [5.74, 6) is 0. The van der Waals surface area contributed by atoms with E-state index >= 15 is 0 Å². The molecule has 0 fully saturated rings. The van der Waals surface area contributed by atoms with Crippen LogP contribution in [0.5, 0.6) is 0 Å². The third-order valence-corrected chi connectivity index (χ3v) is 4.08. The van der Waals surface area contributed by atoms with E-state index in [-0.39, 0.29) is 12.2 Å². The molecule has 2 heterocycles. The van der Waals surface area contributed by atoms with Crippen LogP contribution in [0, 0.1) is 0 Å². The number of carbonyl (C=O) groups excluding carboxylic acids is 1. The average molecular weight is 293 g/mol. The average Bonchev–Trinajstić information content (AvgIpc) is 2.96.